The first-order valence-electron chi connectivity index (χ1n) is 7.58. The van der Waals surface area contributed by atoms with Gasteiger partial charge in [0.15, 0.2) is 5.65 Å². The topological polar surface area (TPSA) is 71.1 Å². The molecule has 0 aliphatic carbocycles. The van der Waals surface area contributed by atoms with Crippen LogP contribution in [0.5, 0.6) is 0 Å². The molecule has 2 aromatic heterocycles. The van der Waals surface area contributed by atoms with Gasteiger partial charge in [-0.1, -0.05) is 12.1 Å². The highest BCUT2D eigenvalue weighted by Crippen LogP contribution is 2.23. The maximum absolute atomic E-state index is 12.6. The molecule has 4 rings (SSSR count). The van der Waals surface area contributed by atoms with Crippen LogP contribution in [0.3, 0.4) is 0 Å². The van der Waals surface area contributed by atoms with E-state index in [0.29, 0.717) is 31.9 Å². The third-order valence-electron chi connectivity index (χ3n) is 4.03. The number of nitrogens with one attached hydrogen (secondary N) is 1. The molecule has 3 aromatic rings. The largest absolute Gasteiger partial charge is 0.378 e. The number of pyridine rings is 1. The van der Waals surface area contributed by atoms with E-state index >= 15 is 0 Å². The van der Waals surface area contributed by atoms with Crippen molar-refractivity contribution in [3.8, 4) is 11.1 Å². The molecule has 1 aliphatic rings. The van der Waals surface area contributed by atoms with Crippen molar-refractivity contribution in [1.82, 2.24) is 20.1 Å². The van der Waals surface area contributed by atoms with Gasteiger partial charge in [-0.05, 0) is 23.8 Å². The van der Waals surface area contributed by atoms with Crippen LogP contribution in [0.15, 0.2) is 42.7 Å². The highest BCUT2D eigenvalue weighted by Gasteiger charge is 2.18. The number of aromatic nitrogens is 3. The number of aromatic amines is 1. The van der Waals surface area contributed by atoms with E-state index in [-0.39, 0.29) is 5.91 Å². The van der Waals surface area contributed by atoms with Crippen LogP contribution in [0.4, 0.5) is 0 Å². The molecule has 1 saturated heterocycles. The zero-order valence-electron chi connectivity index (χ0n) is 12.5. The van der Waals surface area contributed by atoms with Crippen LogP contribution < -0.4 is 0 Å². The lowest BCUT2D eigenvalue weighted by atomic mass is 10.0. The Balaban J connectivity index is 1.66. The van der Waals surface area contributed by atoms with Crippen molar-refractivity contribution in [2.75, 3.05) is 26.3 Å². The van der Waals surface area contributed by atoms with E-state index in [0.717, 1.165) is 22.2 Å². The summed E-state index contributed by atoms with van der Waals surface area (Å²) in [7, 11) is 0. The summed E-state index contributed by atoms with van der Waals surface area (Å²) < 4.78 is 5.30. The molecule has 6 heteroatoms. The average molecular weight is 308 g/mol. The van der Waals surface area contributed by atoms with Gasteiger partial charge >= 0.3 is 0 Å². The van der Waals surface area contributed by atoms with Gasteiger partial charge in [-0.15, -0.1) is 0 Å². The summed E-state index contributed by atoms with van der Waals surface area (Å²) >= 11 is 0. The van der Waals surface area contributed by atoms with Crippen molar-refractivity contribution in [2.45, 2.75) is 0 Å². The van der Waals surface area contributed by atoms with Gasteiger partial charge in [0.2, 0.25) is 0 Å². The number of benzene rings is 1. The van der Waals surface area contributed by atoms with E-state index in [2.05, 4.69) is 15.2 Å². The zero-order chi connectivity index (χ0) is 15.6. The Morgan fingerprint density at radius 2 is 2.00 bits per heavy atom. The van der Waals surface area contributed by atoms with Gasteiger partial charge in [0.1, 0.15) is 0 Å². The maximum Gasteiger partial charge on any atom is 0.254 e. The highest BCUT2D eigenvalue weighted by atomic mass is 16.5. The van der Waals surface area contributed by atoms with Crippen molar-refractivity contribution in [2.24, 2.45) is 0 Å². The quantitative estimate of drug-likeness (QED) is 0.787. The van der Waals surface area contributed by atoms with Gasteiger partial charge in [-0.2, -0.15) is 5.10 Å². The minimum absolute atomic E-state index is 0.0486. The van der Waals surface area contributed by atoms with Crippen molar-refractivity contribution in [3.05, 3.63) is 48.3 Å². The molecule has 1 fully saturated rings. The highest BCUT2D eigenvalue weighted by molar-refractivity contribution is 5.95. The molecular formula is C17H16N4O2. The molecule has 1 N–H and O–H groups in total. The summed E-state index contributed by atoms with van der Waals surface area (Å²) in [6.45, 7) is 2.50. The number of ether oxygens (including phenoxy) is 1. The molecule has 0 spiro atoms. The molecule has 0 radical (unpaired) electrons. The Morgan fingerprint density at radius 1 is 1.13 bits per heavy atom. The molecule has 6 nitrogen and oxygen atoms in total. The number of morpholine rings is 1. The fraction of sp³-hybridized carbons (Fsp3) is 0.235. The van der Waals surface area contributed by atoms with Gasteiger partial charge in [0.25, 0.3) is 5.91 Å². The van der Waals surface area contributed by atoms with E-state index in [1.165, 1.54) is 0 Å². The SMILES string of the molecule is O=C(c1cccc(-c2cnc3[nH]ncc3c2)c1)N1CCOCC1. The first-order chi connectivity index (χ1) is 11.3. The van der Waals surface area contributed by atoms with Crippen molar-refractivity contribution in [1.29, 1.82) is 0 Å². The van der Waals surface area contributed by atoms with Crippen LogP contribution in [-0.4, -0.2) is 52.3 Å². The maximum atomic E-state index is 12.6. The van der Waals surface area contributed by atoms with E-state index in [9.17, 15) is 4.79 Å². The number of carbonyl (C=O) groups is 1. The molecule has 1 aromatic carbocycles. The Morgan fingerprint density at radius 3 is 2.87 bits per heavy atom. The Bertz CT molecular complexity index is 852. The minimum Gasteiger partial charge on any atom is -0.378 e. The second-order valence-electron chi connectivity index (χ2n) is 5.52. The van der Waals surface area contributed by atoms with E-state index in [4.69, 9.17) is 4.74 Å². The number of fused-ring (bicyclic) bond motifs is 1. The molecule has 1 amide bonds. The van der Waals surface area contributed by atoms with Crippen LogP contribution in [0.25, 0.3) is 22.2 Å². The summed E-state index contributed by atoms with van der Waals surface area (Å²) in [5, 5.41) is 7.77. The van der Waals surface area contributed by atoms with Crippen LogP contribution in [0, 0.1) is 0 Å². The van der Waals surface area contributed by atoms with Gasteiger partial charge < -0.3 is 9.64 Å². The first-order valence-corrected chi connectivity index (χ1v) is 7.58. The number of amides is 1. The fourth-order valence-corrected chi connectivity index (χ4v) is 2.78. The minimum atomic E-state index is 0.0486. The lowest BCUT2D eigenvalue weighted by molar-refractivity contribution is 0.0303. The Labute approximate surface area is 133 Å². The van der Waals surface area contributed by atoms with Crippen LogP contribution in [0.2, 0.25) is 0 Å². The van der Waals surface area contributed by atoms with Crippen LogP contribution in [-0.2, 0) is 4.74 Å². The average Bonchev–Trinajstić information content (AvgIpc) is 3.09. The molecular weight excluding hydrogens is 292 g/mol. The molecule has 0 saturated carbocycles. The molecule has 1 aliphatic heterocycles. The number of nitrogens with zero attached hydrogens (tertiary/aromatic N) is 3. The fourth-order valence-electron chi connectivity index (χ4n) is 2.78. The second-order valence-corrected chi connectivity index (χ2v) is 5.52. The third kappa shape index (κ3) is 2.68. The smallest absolute Gasteiger partial charge is 0.254 e. The summed E-state index contributed by atoms with van der Waals surface area (Å²) in [4.78, 5) is 18.8. The van der Waals surface area contributed by atoms with Crippen molar-refractivity contribution < 1.29 is 9.53 Å². The van der Waals surface area contributed by atoms with E-state index in [1.54, 1.807) is 12.4 Å². The van der Waals surface area contributed by atoms with Gasteiger partial charge in [0, 0.05) is 35.8 Å². The molecule has 3 heterocycles. The lowest BCUT2D eigenvalue weighted by Crippen LogP contribution is -2.40. The summed E-state index contributed by atoms with van der Waals surface area (Å²) in [5.41, 5.74) is 3.39. The number of carbonyl (C=O) groups excluding carboxylic acids is 1. The molecule has 23 heavy (non-hydrogen) atoms. The lowest BCUT2D eigenvalue weighted by Gasteiger charge is -2.27. The third-order valence-corrected chi connectivity index (χ3v) is 4.03. The van der Waals surface area contributed by atoms with Crippen LogP contribution in [0.1, 0.15) is 10.4 Å². The number of H-pyrrole nitrogens is 1. The predicted octanol–water partition coefficient (Wildman–Crippen LogP) is 2.10. The number of hydrogen-bond acceptors (Lipinski definition) is 4. The van der Waals surface area contributed by atoms with Crippen molar-refractivity contribution in [3.63, 3.8) is 0 Å². The zero-order valence-corrected chi connectivity index (χ0v) is 12.5. The standard InChI is InChI=1S/C17H16N4O2/c22-17(21-4-6-23-7-5-21)13-3-1-2-12(8-13)14-9-15-11-19-20-16(15)18-10-14/h1-3,8-11H,4-7H2,(H,18,19,20). The molecule has 0 unspecified atom stereocenters. The first kappa shape index (κ1) is 13.9. The second kappa shape index (κ2) is 5.81. The van der Waals surface area contributed by atoms with E-state index < -0.39 is 0 Å². The monoisotopic (exact) mass is 308 g/mol. The van der Waals surface area contributed by atoms with Gasteiger partial charge in [-0.25, -0.2) is 4.98 Å². The molecule has 0 bridgehead atoms. The van der Waals surface area contributed by atoms with Crippen molar-refractivity contribution >= 4 is 16.9 Å². The molecule has 116 valence electrons. The predicted molar refractivity (Wildman–Crippen MR) is 86.0 cm³/mol. The summed E-state index contributed by atoms with van der Waals surface area (Å²) in [5.74, 6) is 0.0486. The molecule has 0 atom stereocenters. The summed E-state index contributed by atoms with van der Waals surface area (Å²) in [6, 6.07) is 9.68. The number of hydrogen-bond donors (Lipinski definition) is 1. The number of rotatable bonds is 2. The van der Waals surface area contributed by atoms with E-state index in [1.807, 2.05) is 35.2 Å². The Kier molecular flexibility index (Phi) is 3.51. The Hall–Kier alpha value is -2.73. The normalized spacial score (nSPS) is 15.0. The summed E-state index contributed by atoms with van der Waals surface area (Å²) in [6.07, 6.45) is 3.54. The van der Waals surface area contributed by atoms with Crippen LogP contribution >= 0.6 is 0 Å². The van der Waals surface area contributed by atoms with Gasteiger partial charge in [-0.3, -0.25) is 9.89 Å². The van der Waals surface area contributed by atoms with Gasteiger partial charge in [0.05, 0.1) is 19.4 Å².